The Hall–Kier alpha value is -1.87. The number of Topliss-reactive ketones (excluding diaryl/α,β-unsaturated/α-hetero) is 1. The maximum Gasteiger partial charge on any atom is 0.133 e. The molecule has 0 saturated heterocycles. The number of carbonyl (C=O) groups is 1. The van der Waals surface area contributed by atoms with Crippen LogP contribution in [0.2, 0.25) is 0 Å². The molecule has 0 aromatic carbocycles. The van der Waals surface area contributed by atoms with Gasteiger partial charge in [0.05, 0.1) is 12.1 Å². The van der Waals surface area contributed by atoms with Crippen molar-refractivity contribution in [1.29, 1.82) is 10.5 Å². The predicted molar refractivity (Wildman–Crippen MR) is 57.6 cm³/mol. The van der Waals surface area contributed by atoms with E-state index in [-0.39, 0.29) is 5.78 Å². The van der Waals surface area contributed by atoms with Gasteiger partial charge in [-0.3, -0.25) is 4.79 Å². The number of carbonyl (C=O) groups excluding carboxylic acids is 1. The molecule has 0 aromatic rings. The van der Waals surface area contributed by atoms with Gasteiger partial charge in [0.25, 0.3) is 0 Å². The lowest BCUT2D eigenvalue weighted by Gasteiger charge is -1.95. The van der Waals surface area contributed by atoms with E-state index in [0.29, 0.717) is 19.3 Å². The number of nitrogens with zero attached hydrogens (tertiary/aromatic N) is 2. The average molecular weight is 202 g/mol. The summed E-state index contributed by atoms with van der Waals surface area (Å²) in [6, 6.07) is 3.78. The van der Waals surface area contributed by atoms with E-state index in [0.717, 1.165) is 12.8 Å². The van der Waals surface area contributed by atoms with Crippen LogP contribution >= 0.6 is 0 Å². The Morgan fingerprint density at radius 1 is 1.00 bits per heavy atom. The van der Waals surface area contributed by atoms with Gasteiger partial charge in [-0.05, 0) is 19.3 Å². The zero-order chi connectivity index (χ0) is 11.4. The lowest BCUT2D eigenvalue weighted by molar-refractivity contribution is -0.119. The molecule has 0 heterocycles. The topological polar surface area (TPSA) is 64.7 Å². The van der Waals surface area contributed by atoms with Crippen LogP contribution < -0.4 is 0 Å². The highest BCUT2D eigenvalue weighted by atomic mass is 16.1. The highest BCUT2D eigenvalue weighted by Gasteiger charge is 1.98. The van der Waals surface area contributed by atoms with Gasteiger partial charge in [-0.2, -0.15) is 10.5 Å². The van der Waals surface area contributed by atoms with Crippen molar-refractivity contribution in [2.24, 2.45) is 0 Å². The summed E-state index contributed by atoms with van der Waals surface area (Å²) >= 11 is 0. The van der Waals surface area contributed by atoms with E-state index in [4.69, 9.17) is 10.5 Å². The van der Waals surface area contributed by atoms with Gasteiger partial charge in [-0.15, -0.1) is 0 Å². The molecule has 0 aliphatic heterocycles. The van der Waals surface area contributed by atoms with Crippen molar-refractivity contribution in [1.82, 2.24) is 0 Å². The van der Waals surface area contributed by atoms with Crippen LogP contribution in [0.4, 0.5) is 0 Å². The van der Waals surface area contributed by atoms with E-state index in [1.54, 1.807) is 12.2 Å². The van der Waals surface area contributed by atoms with Crippen LogP contribution in [0.5, 0.6) is 0 Å². The second kappa shape index (κ2) is 10.2. The van der Waals surface area contributed by atoms with Crippen LogP contribution in [0.1, 0.15) is 32.1 Å². The second-order valence-electron chi connectivity index (χ2n) is 3.03. The zero-order valence-corrected chi connectivity index (χ0v) is 8.65. The highest BCUT2D eigenvalue weighted by molar-refractivity contribution is 5.78. The first-order valence-electron chi connectivity index (χ1n) is 4.92. The number of rotatable bonds is 7. The molecule has 0 saturated carbocycles. The van der Waals surface area contributed by atoms with E-state index in [1.165, 1.54) is 12.2 Å². The molecule has 0 fully saturated rings. The summed E-state index contributed by atoms with van der Waals surface area (Å²) < 4.78 is 0. The molecule has 0 atom stereocenters. The maximum atomic E-state index is 11.2. The molecule has 15 heavy (non-hydrogen) atoms. The molecule has 0 bridgehead atoms. The van der Waals surface area contributed by atoms with Gasteiger partial charge < -0.3 is 0 Å². The molecule has 0 aliphatic rings. The van der Waals surface area contributed by atoms with Gasteiger partial charge in [0, 0.05) is 25.0 Å². The molecule has 0 spiro atoms. The van der Waals surface area contributed by atoms with Crippen molar-refractivity contribution in [3.63, 3.8) is 0 Å². The number of allylic oxidation sites excluding steroid dienone is 4. The Morgan fingerprint density at radius 3 is 2.20 bits per heavy atom. The first kappa shape index (κ1) is 13.1. The van der Waals surface area contributed by atoms with Crippen molar-refractivity contribution in [2.75, 3.05) is 0 Å². The molecule has 0 amide bonds. The quantitative estimate of drug-likeness (QED) is 0.471. The monoisotopic (exact) mass is 202 g/mol. The standard InChI is InChI=1S/C12H14N2O/c13-10-6-2-1-4-8-12(15)9-5-3-7-11-14/h2-3,6-7H,1,4-5,8-9H2/b6-2-,7-3-. The molecule has 0 radical (unpaired) electrons. The van der Waals surface area contributed by atoms with Gasteiger partial charge in [0.1, 0.15) is 5.78 Å². The van der Waals surface area contributed by atoms with E-state index in [1.807, 2.05) is 12.1 Å². The van der Waals surface area contributed by atoms with E-state index < -0.39 is 0 Å². The summed E-state index contributed by atoms with van der Waals surface area (Å²) in [6.45, 7) is 0. The third-order valence-corrected chi connectivity index (χ3v) is 1.80. The zero-order valence-electron chi connectivity index (χ0n) is 8.65. The number of unbranched alkanes of at least 4 members (excludes halogenated alkanes) is 1. The molecular weight excluding hydrogens is 188 g/mol. The summed E-state index contributed by atoms with van der Waals surface area (Å²) in [5.74, 6) is 0.211. The predicted octanol–water partition coefficient (Wildman–Crippen LogP) is 2.67. The first-order valence-corrected chi connectivity index (χ1v) is 4.92. The minimum atomic E-state index is 0.211. The van der Waals surface area contributed by atoms with Crippen LogP contribution in [-0.2, 0) is 4.79 Å². The SMILES string of the molecule is N#C/C=C\CCCC(=O)CC/C=C\C#N. The Morgan fingerprint density at radius 2 is 1.60 bits per heavy atom. The molecule has 0 aromatic heterocycles. The normalized spacial score (nSPS) is 10.3. The molecule has 3 nitrogen and oxygen atoms in total. The largest absolute Gasteiger partial charge is 0.300 e. The maximum absolute atomic E-state index is 11.2. The fourth-order valence-corrected chi connectivity index (χ4v) is 1.06. The third-order valence-electron chi connectivity index (χ3n) is 1.80. The van der Waals surface area contributed by atoms with Crippen LogP contribution in [0.25, 0.3) is 0 Å². The van der Waals surface area contributed by atoms with Gasteiger partial charge >= 0.3 is 0 Å². The molecule has 3 heteroatoms. The molecule has 78 valence electrons. The summed E-state index contributed by atoms with van der Waals surface area (Å²) in [6.07, 6.45) is 9.54. The number of hydrogen-bond acceptors (Lipinski definition) is 3. The van der Waals surface area contributed by atoms with Crippen LogP contribution in [0.3, 0.4) is 0 Å². The molecule has 0 aliphatic carbocycles. The Bertz CT molecular complexity index is 315. The van der Waals surface area contributed by atoms with E-state index in [9.17, 15) is 4.79 Å². The van der Waals surface area contributed by atoms with E-state index >= 15 is 0 Å². The van der Waals surface area contributed by atoms with Crippen LogP contribution in [-0.4, -0.2) is 5.78 Å². The lowest BCUT2D eigenvalue weighted by Crippen LogP contribution is -1.95. The average Bonchev–Trinajstić information content (AvgIpc) is 2.24. The first-order chi connectivity index (χ1) is 7.31. The second-order valence-corrected chi connectivity index (χ2v) is 3.03. The van der Waals surface area contributed by atoms with Gasteiger partial charge in [-0.1, -0.05) is 12.2 Å². The Balaban J connectivity index is 3.43. The highest BCUT2D eigenvalue weighted by Crippen LogP contribution is 2.02. The minimum Gasteiger partial charge on any atom is -0.300 e. The van der Waals surface area contributed by atoms with Crippen LogP contribution in [0, 0.1) is 22.7 Å². The van der Waals surface area contributed by atoms with Gasteiger partial charge in [0.2, 0.25) is 0 Å². The minimum absolute atomic E-state index is 0.211. The van der Waals surface area contributed by atoms with Crippen molar-refractivity contribution in [2.45, 2.75) is 32.1 Å². The summed E-state index contributed by atoms with van der Waals surface area (Å²) in [5.41, 5.74) is 0. The van der Waals surface area contributed by atoms with Crippen molar-refractivity contribution in [3.05, 3.63) is 24.3 Å². The fraction of sp³-hybridized carbons (Fsp3) is 0.417. The van der Waals surface area contributed by atoms with Crippen LogP contribution in [0.15, 0.2) is 24.3 Å². The number of nitriles is 2. The third kappa shape index (κ3) is 10.0. The van der Waals surface area contributed by atoms with Crippen molar-refractivity contribution < 1.29 is 4.79 Å². The number of hydrogen-bond donors (Lipinski definition) is 0. The molecule has 0 unspecified atom stereocenters. The Kier molecular flexibility index (Phi) is 8.94. The molecular formula is C12H14N2O. The fourth-order valence-electron chi connectivity index (χ4n) is 1.06. The van der Waals surface area contributed by atoms with Gasteiger partial charge in [0.15, 0.2) is 0 Å². The lowest BCUT2D eigenvalue weighted by atomic mass is 10.1. The number of ketones is 1. The van der Waals surface area contributed by atoms with E-state index in [2.05, 4.69) is 0 Å². The van der Waals surface area contributed by atoms with Crippen molar-refractivity contribution >= 4 is 5.78 Å². The smallest absolute Gasteiger partial charge is 0.133 e. The summed E-state index contributed by atoms with van der Waals surface area (Å²) in [4.78, 5) is 11.2. The van der Waals surface area contributed by atoms with Gasteiger partial charge in [-0.25, -0.2) is 0 Å². The summed E-state index contributed by atoms with van der Waals surface area (Å²) in [7, 11) is 0. The molecule has 0 rings (SSSR count). The Labute approximate surface area is 90.3 Å². The summed E-state index contributed by atoms with van der Waals surface area (Å²) in [5, 5.41) is 16.4. The molecule has 0 N–H and O–H groups in total. The van der Waals surface area contributed by atoms with Crippen molar-refractivity contribution in [3.8, 4) is 12.1 Å².